The number of carbonyl (C=O) groups is 1. The van der Waals surface area contributed by atoms with Crippen LogP contribution in [-0.2, 0) is 12.0 Å². The summed E-state index contributed by atoms with van der Waals surface area (Å²) in [6.07, 6.45) is 1.91. The van der Waals surface area contributed by atoms with E-state index in [0.29, 0.717) is 24.6 Å². The second kappa shape index (κ2) is 9.16. The van der Waals surface area contributed by atoms with Crippen molar-refractivity contribution in [3.8, 4) is 0 Å². The number of nitrogens with one attached hydrogen (secondary N) is 2. The summed E-state index contributed by atoms with van der Waals surface area (Å²) in [5.74, 6) is 0.0324. The molecule has 1 aliphatic carbocycles. The Balaban J connectivity index is 0.00000261. The van der Waals surface area contributed by atoms with Crippen LogP contribution in [0.2, 0.25) is 0 Å². The molecule has 0 unspecified atom stereocenters. The zero-order valence-electron chi connectivity index (χ0n) is 15.2. The molecule has 1 fully saturated rings. The summed E-state index contributed by atoms with van der Waals surface area (Å²) < 4.78 is 14.1. The van der Waals surface area contributed by atoms with Gasteiger partial charge in [-0.2, -0.15) is 0 Å². The maximum atomic E-state index is 14.1. The van der Waals surface area contributed by atoms with Gasteiger partial charge in [0, 0.05) is 31.1 Å². The molecule has 0 heterocycles. The van der Waals surface area contributed by atoms with Crippen LogP contribution in [0.5, 0.6) is 0 Å². The lowest BCUT2D eigenvalue weighted by Crippen LogP contribution is -2.41. The van der Waals surface area contributed by atoms with Crippen molar-refractivity contribution in [2.75, 3.05) is 13.6 Å². The molecule has 0 aromatic heterocycles. The van der Waals surface area contributed by atoms with Gasteiger partial charge in [-0.15, -0.1) is 24.0 Å². The monoisotopic (exact) mass is 482 g/mol. The number of aliphatic imine (C=N–C) groups is 1. The van der Waals surface area contributed by atoms with Gasteiger partial charge in [-0.25, -0.2) is 4.39 Å². The maximum Gasteiger partial charge on any atom is 0.248 e. The summed E-state index contributed by atoms with van der Waals surface area (Å²) in [6, 6.07) is 14.1. The number of nitrogens with zero attached hydrogens (tertiary/aromatic N) is 1. The van der Waals surface area contributed by atoms with E-state index >= 15 is 0 Å². The van der Waals surface area contributed by atoms with Gasteiger partial charge in [0.05, 0.1) is 0 Å². The molecular formula is C20H24FIN4O. The predicted molar refractivity (Wildman–Crippen MR) is 116 cm³/mol. The fourth-order valence-electron chi connectivity index (χ4n) is 3.08. The average molecular weight is 482 g/mol. The van der Waals surface area contributed by atoms with Crippen LogP contribution >= 0.6 is 24.0 Å². The SMILES string of the molecule is CN=C(NCc1cccc(C(N)=O)c1)NCC1(c2ccccc2F)CC1.I. The van der Waals surface area contributed by atoms with Crippen LogP contribution in [0.3, 0.4) is 0 Å². The van der Waals surface area contributed by atoms with Crippen molar-refractivity contribution in [3.63, 3.8) is 0 Å². The quantitative estimate of drug-likeness (QED) is 0.337. The van der Waals surface area contributed by atoms with Crippen molar-refractivity contribution in [3.05, 3.63) is 71.0 Å². The summed E-state index contributed by atoms with van der Waals surface area (Å²) in [7, 11) is 1.69. The molecule has 0 spiro atoms. The van der Waals surface area contributed by atoms with E-state index in [9.17, 15) is 9.18 Å². The number of amides is 1. The highest BCUT2D eigenvalue weighted by Crippen LogP contribution is 2.48. The Morgan fingerprint density at radius 2 is 1.93 bits per heavy atom. The predicted octanol–water partition coefficient (Wildman–Crippen LogP) is 2.94. The molecule has 1 amide bonds. The van der Waals surface area contributed by atoms with Gasteiger partial charge in [0.25, 0.3) is 0 Å². The zero-order chi connectivity index (χ0) is 18.6. The Hall–Kier alpha value is -2.16. The third-order valence-electron chi connectivity index (χ3n) is 4.79. The first-order valence-corrected chi connectivity index (χ1v) is 8.62. The molecular weight excluding hydrogens is 458 g/mol. The summed E-state index contributed by atoms with van der Waals surface area (Å²) in [5.41, 5.74) is 7.32. The second-order valence-electron chi connectivity index (χ2n) is 6.60. The fraction of sp³-hybridized carbons (Fsp3) is 0.300. The molecule has 27 heavy (non-hydrogen) atoms. The molecule has 144 valence electrons. The van der Waals surface area contributed by atoms with Crippen LogP contribution in [0.15, 0.2) is 53.5 Å². The molecule has 0 atom stereocenters. The van der Waals surface area contributed by atoms with E-state index in [-0.39, 0.29) is 35.2 Å². The molecule has 1 aliphatic rings. The number of benzene rings is 2. The topological polar surface area (TPSA) is 79.5 Å². The van der Waals surface area contributed by atoms with Crippen LogP contribution in [-0.4, -0.2) is 25.5 Å². The third-order valence-corrected chi connectivity index (χ3v) is 4.79. The average Bonchev–Trinajstić information content (AvgIpc) is 3.43. The smallest absolute Gasteiger partial charge is 0.248 e. The van der Waals surface area contributed by atoms with Crippen LogP contribution in [0.1, 0.15) is 34.3 Å². The van der Waals surface area contributed by atoms with E-state index in [2.05, 4.69) is 15.6 Å². The van der Waals surface area contributed by atoms with E-state index in [4.69, 9.17) is 5.73 Å². The fourth-order valence-corrected chi connectivity index (χ4v) is 3.08. The minimum atomic E-state index is -0.449. The highest BCUT2D eigenvalue weighted by Gasteiger charge is 2.45. The Labute approximate surface area is 175 Å². The van der Waals surface area contributed by atoms with Gasteiger partial charge in [-0.1, -0.05) is 30.3 Å². The molecule has 7 heteroatoms. The molecule has 5 nitrogen and oxygen atoms in total. The molecule has 3 rings (SSSR count). The van der Waals surface area contributed by atoms with Crippen LogP contribution in [0.4, 0.5) is 4.39 Å². The number of carbonyl (C=O) groups excluding carboxylic acids is 1. The van der Waals surface area contributed by atoms with Crippen molar-refractivity contribution in [2.45, 2.75) is 24.8 Å². The molecule has 2 aromatic carbocycles. The van der Waals surface area contributed by atoms with Gasteiger partial charge in [0.2, 0.25) is 5.91 Å². The summed E-state index contributed by atoms with van der Waals surface area (Å²) >= 11 is 0. The molecule has 2 aromatic rings. The Kier molecular flexibility index (Phi) is 7.18. The number of hydrogen-bond donors (Lipinski definition) is 3. The highest BCUT2D eigenvalue weighted by atomic mass is 127. The highest BCUT2D eigenvalue weighted by molar-refractivity contribution is 14.0. The molecule has 0 aliphatic heterocycles. The lowest BCUT2D eigenvalue weighted by molar-refractivity contribution is 0.1000. The van der Waals surface area contributed by atoms with Gasteiger partial charge in [0.1, 0.15) is 5.82 Å². The standard InChI is InChI=1S/C20H23FN4O.HI/c1-23-19(24-12-14-5-4-6-15(11-14)18(22)26)25-13-20(9-10-20)16-7-2-3-8-17(16)21;/h2-8,11H,9-10,12-13H2,1H3,(H2,22,26)(H2,23,24,25);1H. The van der Waals surface area contributed by atoms with E-state index in [1.165, 1.54) is 6.07 Å². The number of nitrogens with two attached hydrogens (primary N) is 1. The van der Waals surface area contributed by atoms with Crippen molar-refractivity contribution in [1.29, 1.82) is 0 Å². The second-order valence-corrected chi connectivity index (χ2v) is 6.60. The number of halogens is 2. The van der Waals surface area contributed by atoms with Crippen molar-refractivity contribution in [2.24, 2.45) is 10.7 Å². The number of primary amides is 1. The zero-order valence-corrected chi connectivity index (χ0v) is 17.5. The molecule has 0 radical (unpaired) electrons. The van der Waals surface area contributed by atoms with Gasteiger partial charge in [-0.3, -0.25) is 9.79 Å². The molecule has 4 N–H and O–H groups in total. The summed E-state index contributed by atoms with van der Waals surface area (Å²) in [5, 5.41) is 6.50. The summed E-state index contributed by atoms with van der Waals surface area (Å²) in [4.78, 5) is 15.5. The Bertz CT molecular complexity index is 836. The normalized spacial score (nSPS) is 14.8. The van der Waals surface area contributed by atoms with Gasteiger partial charge >= 0.3 is 0 Å². The first-order valence-electron chi connectivity index (χ1n) is 8.62. The lowest BCUT2D eigenvalue weighted by atomic mass is 9.95. The minimum Gasteiger partial charge on any atom is -0.366 e. The Morgan fingerprint density at radius 1 is 1.19 bits per heavy atom. The van der Waals surface area contributed by atoms with Crippen LogP contribution in [0.25, 0.3) is 0 Å². The lowest BCUT2D eigenvalue weighted by Gasteiger charge is -2.19. The molecule has 0 bridgehead atoms. The van der Waals surface area contributed by atoms with E-state index < -0.39 is 5.91 Å². The first kappa shape index (κ1) is 21.1. The Morgan fingerprint density at radius 3 is 2.56 bits per heavy atom. The third kappa shape index (κ3) is 5.18. The number of rotatable bonds is 6. The van der Waals surface area contributed by atoms with Gasteiger partial charge < -0.3 is 16.4 Å². The largest absolute Gasteiger partial charge is 0.366 e. The van der Waals surface area contributed by atoms with Crippen LogP contribution in [0, 0.1) is 5.82 Å². The maximum absolute atomic E-state index is 14.1. The van der Waals surface area contributed by atoms with E-state index in [1.54, 1.807) is 31.3 Å². The summed E-state index contributed by atoms with van der Waals surface area (Å²) in [6.45, 7) is 1.13. The van der Waals surface area contributed by atoms with Crippen LogP contribution < -0.4 is 16.4 Å². The van der Waals surface area contributed by atoms with E-state index in [1.807, 2.05) is 18.2 Å². The first-order chi connectivity index (χ1) is 12.5. The number of guanidine groups is 1. The number of hydrogen-bond acceptors (Lipinski definition) is 2. The van der Waals surface area contributed by atoms with E-state index in [0.717, 1.165) is 24.0 Å². The van der Waals surface area contributed by atoms with Crippen molar-refractivity contribution in [1.82, 2.24) is 10.6 Å². The minimum absolute atomic E-state index is 0. The van der Waals surface area contributed by atoms with Crippen molar-refractivity contribution >= 4 is 35.8 Å². The van der Waals surface area contributed by atoms with Gasteiger partial charge in [-0.05, 0) is 42.2 Å². The van der Waals surface area contributed by atoms with Gasteiger partial charge in [0.15, 0.2) is 5.96 Å². The molecule has 0 saturated heterocycles. The van der Waals surface area contributed by atoms with Crippen molar-refractivity contribution < 1.29 is 9.18 Å². The molecule has 1 saturated carbocycles.